The van der Waals surface area contributed by atoms with Gasteiger partial charge in [-0.3, -0.25) is 4.99 Å². The van der Waals surface area contributed by atoms with Crippen molar-refractivity contribution in [2.45, 2.75) is 24.7 Å². The lowest BCUT2D eigenvalue weighted by Gasteiger charge is -2.32. The van der Waals surface area contributed by atoms with Gasteiger partial charge in [0.2, 0.25) is 0 Å². The van der Waals surface area contributed by atoms with Crippen LogP contribution < -0.4 is 10.6 Å². The first kappa shape index (κ1) is 24.5. The van der Waals surface area contributed by atoms with Gasteiger partial charge in [0, 0.05) is 56.5 Å². The monoisotopic (exact) mass is 505 g/mol. The number of benzene rings is 1. The number of unbranched alkanes of at least 4 members (excludes halogenated alkanes) is 1. The Bertz CT molecular complexity index is 506. The predicted molar refractivity (Wildman–Crippen MR) is 130 cm³/mol. The van der Waals surface area contributed by atoms with Crippen molar-refractivity contribution in [3.05, 3.63) is 30.3 Å². The highest BCUT2D eigenvalue weighted by Gasteiger charge is 2.12. The number of nitrogens with zero attached hydrogens (tertiary/aromatic N) is 3. The molecule has 1 aliphatic heterocycles. The second-order valence-electron chi connectivity index (χ2n) is 6.70. The first-order chi connectivity index (χ1) is 12.8. The van der Waals surface area contributed by atoms with Gasteiger partial charge in [-0.2, -0.15) is 0 Å². The standard InChI is InChI=1S/C20H35N5S.HI/c1-3-21-20(23-12-18-26-19-9-5-4-6-10-19)22-11-7-8-13-25-16-14-24(2)15-17-25;/h4-6,9-10H,3,7-8,11-18H2,1-2H3,(H2,21,22,23);1H. The second-order valence-corrected chi connectivity index (χ2v) is 7.87. The number of rotatable bonds is 10. The van der Waals surface area contributed by atoms with Crippen LogP contribution in [0.5, 0.6) is 0 Å². The molecule has 154 valence electrons. The third kappa shape index (κ3) is 11.2. The van der Waals surface area contributed by atoms with Crippen molar-refractivity contribution in [2.24, 2.45) is 4.99 Å². The highest BCUT2D eigenvalue weighted by atomic mass is 127. The van der Waals surface area contributed by atoms with Gasteiger partial charge in [-0.15, -0.1) is 35.7 Å². The SMILES string of the molecule is CCNC(=NCCCCN1CCN(C)CC1)NCCSc1ccccc1.I. The quantitative estimate of drug-likeness (QED) is 0.168. The summed E-state index contributed by atoms with van der Waals surface area (Å²) in [5.74, 6) is 1.98. The topological polar surface area (TPSA) is 42.9 Å². The normalized spacial score (nSPS) is 16.0. The number of nitrogens with one attached hydrogen (secondary N) is 2. The molecule has 0 radical (unpaired) electrons. The summed E-state index contributed by atoms with van der Waals surface area (Å²) in [6.45, 7) is 10.9. The summed E-state index contributed by atoms with van der Waals surface area (Å²) >= 11 is 1.87. The van der Waals surface area contributed by atoms with Gasteiger partial charge in [-0.25, -0.2) is 0 Å². The molecule has 2 N–H and O–H groups in total. The summed E-state index contributed by atoms with van der Waals surface area (Å²) in [5.41, 5.74) is 0. The van der Waals surface area contributed by atoms with Crippen LogP contribution in [0.3, 0.4) is 0 Å². The molecule has 1 aromatic carbocycles. The molecule has 1 heterocycles. The van der Waals surface area contributed by atoms with Crippen LogP contribution in [0.15, 0.2) is 40.2 Å². The van der Waals surface area contributed by atoms with E-state index in [1.54, 1.807) is 0 Å². The third-order valence-electron chi connectivity index (χ3n) is 4.50. The summed E-state index contributed by atoms with van der Waals surface area (Å²) in [5, 5.41) is 6.78. The van der Waals surface area contributed by atoms with E-state index >= 15 is 0 Å². The van der Waals surface area contributed by atoms with Crippen molar-refractivity contribution in [1.29, 1.82) is 0 Å². The second kappa shape index (κ2) is 15.4. The van der Waals surface area contributed by atoms with Crippen molar-refractivity contribution in [2.75, 3.05) is 65.2 Å². The molecule has 1 fully saturated rings. The van der Waals surface area contributed by atoms with Crippen LogP contribution in [0.2, 0.25) is 0 Å². The van der Waals surface area contributed by atoms with Crippen LogP contribution in [0.25, 0.3) is 0 Å². The Morgan fingerprint density at radius 3 is 2.52 bits per heavy atom. The summed E-state index contributed by atoms with van der Waals surface area (Å²) in [6.07, 6.45) is 2.39. The van der Waals surface area contributed by atoms with Gasteiger partial charge in [-0.1, -0.05) is 18.2 Å². The summed E-state index contributed by atoms with van der Waals surface area (Å²) in [7, 11) is 2.21. The first-order valence-electron chi connectivity index (χ1n) is 9.89. The minimum Gasteiger partial charge on any atom is -0.357 e. The zero-order chi connectivity index (χ0) is 18.5. The number of likely N-dealkylation sites (N-methyl/N-ethyl adjacent to an activating group) is 1. The average molecular weight is 506 g/mol. The number of hydrogen-bond donors (Lipinski definition) is 2. The van der Waals surface area contributed by atoms with E-state index in [2.05, 4.69) is 64.7 Å². The van der Waals surface area contributed by atoms with Gasteiger partial charge in [-0.05, 0) is 45.5 Å². The fraction of sp³-hybridized carbons (Fsp3) is 0.650. The van der Waals surface area contributed by atoms with E-state index in [9.17, 15) is 0 Å². The molecule has 7 heteroatoms. The Morgan fingerprint density at radius 1 is 1.07 bits per heavy atom. The molecule has 0 saturated carbocycles. The Balaban J connectivity index is 0.00000364. The molecular weight excluding hydrogens is 469 g/mol. The van der Waals surface area contributed by atoms with Crippen LogP contribution in [0, 0.1) is 0 Å². The van der Waals surface area contributed by atoms with Gasteiger partial charge in [0.15, 0.2) is 5.96 Å². The number of guanidine groups is 1. The van der Waals surface area contributed by atoms with Crippen molar-refractivity contribution in [1.82, 2.24) is 20.4 Å². The molecule has 0 spiro atoms. The van der Waals surface area contributed by atoms with E-state index in [1.807, 2.05) is 11.8 Å². The molecule has 0 unspecified atom stereocenters. The van der Waals surface area contributed by atoms with E-state index in [-0.39, 0.29) is 24.0 Å². The molecule has 0 bridgehead atoms. The van der Waals surface area contributed by atoms with Crippen molar-refractivity contribution in [3.63, 3.8) is 0 Å². The molecular formula is C20H36IN5S. The van der Waals surface area contributed by atoms with Gasteiger partial charge in [0.1, 0.15) is 0 Å². The zero-order valence-corrected chi connectivity index (χ0v) is 20.0. The highest BCUT2D eigenvalue weighted by Crippen LogP contribution is 2.15. The molecule has 0 atom stereocenters. The van der Waals surface area contributed by atoms with E-state index in [4.69, 9.17) is 4.99 Å². The molecule has 0 aliphatic carbocycles. The number of halogens is 1. The molecule has 5 nitrogen and oxygen atoms in total. The van der Waals surface area contributed by atoms with Crippen LogP contribution in [0.1, 0.15) is 19.8 Å². The fourth-order valence-corrected chi connectivity index (χ4v) is 3.70. The summed E-state index contributed by atoms with van der Waals surface area (Å²) in [4.78, 5) is 11.0. The molecule has 0 amide bonds. The molecule has 1 aliphatic rings. The fourth-order valence-electron chi connectivity index (χ4n) is 2.91. The van der Waals surface area contributed by atoms with Crippen molar-refractivity contribution < 1.29 is 0 Å². The maximum atomic E-state index is 4.71. The highest BCUT2D eigenvalue weighted by molar-refractivity contribution is 14.0. The maximum absolute atomic E-state index is 4.71. The Kier molecular flexibility index (Phi) is 14.0. The number of piperazine rings is 1. The van der Waals surface area contributed by atoms with Crippen molar-refractivity contribution in [3.8, 4) is 0 Å². The summed E-state index contributed by atoms with van der Waals surface area (Å²) in [6, 6.07) is 10.5. The molecule has 2 rings (SSSR count). The van der Waals surface area contributed by atoms with E-state index in [0.717, 1.165) is 37.8 Å². The predicted octanol–water partition coefficient (Wildman–Crippen LogP) is 2.98. The van der Waals surface area contributed by atoms with E-state index in [1.165, 1.54) is 44.0 Å². The Hall–Kier alpha value is -0.510. The lowest BCUT2D eigenvalue weighted by atomic mass is 10.2. The molecule has 1 aromatic rings. The molecule has 27 heavy (non-hydrogen) atoms. The maximum Gasteiger partial charge on any atom is 0.191 e. The average Bonchev–Trinajstić information content (AvgIpc) is 2.67. The smallest absolute Gasteiger partial charge is 0.191 e. The third-order valence-corrected chi connectivity index (χ3v) is 5.51. The van der Waals surface area contributed by atoms with Crippen molar-refractivity contribution >= 4 is 41.7 Å². The number of hydrogen-bond acceptors (Lipinski definition) is 4. The molecule has 1 saturated heterocycles. The largest absolute Gasteiger partial charge is 0.357 e. The van der Waals surface area contributed by atoms with Gasteiger partial charge in [0.25, 0.3) is 0 Å². The lowest BCUT2D eigenvalue weighted by Crippen LogP contribution is -2.44. The lowest BCUT2D eigenvalue weighted by molar-refractivity contribution is 0.152. The van der Waals surface area contributed by atoms with Gasteiger partial charge >= 0.3 is 0 Å². The number of aliphatic imine (C=N–C) groups is 1. The number of thioether (sulfide) groups is 1. The van der Waals surface area contributed by atoms with E-state index < -0.39 is 0 Å². The Morgan fingerprint density at radius 2 is 1.81 bits per heavy atom. The van der Waals surface area contributed by atoms with Crippen LogP contribution in [-0.2, 0) is 0 Å². The van der Waals surface area contributed by atoms with Crippen LogP contribution in [0.4, 0.5) is 0 Å². The Labute approximate surface area is 186 Å². The first-order valence-corrected chi connectivity index (χ1v) is 10.9. The van der Waals surface area contributed by atoms with Crippen LogP contribution >= 0.6 is 35.7 Å². The zero-order valence-electron chi connectivity index (χ0n) is 16.8. The minimum absolute atomic E-state index is 0. The minimum atomic E-state index is 0. The molecule has 0 aromatic heterocycles. The van der Waals surface area contributed by atoms with Gasteiger partial charge in [0.05, 0.1) is 0 Å². The summed E-state index contributed by atoms with van der Waals surface area (Å²) < 4.78 is 0. The van der Waals surface area contributed by atoms with Crippen LogP contribution in [-0.4, -0.2) is 80.9 Å². The van der Waals surface area contributed by atoms with Gasteiger partial charge < -0.3 is 20.4 Å². The van der Waals surface area contributed by atoms with E-state index in [0.29, 0.717) is 0 Å².